The number of carbonyl (C=O) groups excluding carboxylic acids is 2. The van der Waals surface area contributed by atoms with Crippen molar-refractivity contribution >= 4 is 27.6 Å². The highest BCUT2D eigenvalue weighted by Crippen LogP contribution is 2.24. The maximum Gasteiger partial charge on any atom is 0.258 e. The van der Waals surface area contributed by atoms with Crippen molar-refractivity contribution in [3.63, 3.8) is 0 Å². The van der Waals surface area contributed by atoms with E-state index in [1.54, 1.807) is 24.3 Å². The molecule has 7 heteroatoms. The summed E-state index contributed by atoms with van der Waals surface area (Å²) in [6.07, 6.45) is 2.16. The molecule has 152 valence electrons. The minimum Gasteiger partial charge on any atom is -0.504 e. The summed E-state index contributed by atoms with van der Waals surface area (Å²) in [5.74, 6) is 0.265. The minimum absolute atomic E-state index is 0.0366. The third-order valence-electron chi connectivity index (χ3n) is 3.64. The van der Waals surface area contributed by atoms with E-state index in [1.165, 1.54) is 6.07 Å². The number of aromatic hydroxyl groups is 2. The number of amides is 1. The number of ether oxygens (including phenoxy) is 1. The van der Waals surface area contributed by atoms with Crippen molar-refractivity contribution in [3.05, 3.63) is 52.5 Å². The van der Waals surface area contributed by atoms with Crippen molar-refractivity contribution in [1.29, 1.82) is 0 Å². The number of phenolic OH excluding ortho intramolecular Hbond substituents is 2. The SMILES string of the molecule is CCCC(=O)CNC(=O)COc1ccc(Br)cc1.CCc1ccc(O)c(O)c1. The lowest BCUT2D eigenvalue weighted by atomic mass is 10.1. The fraction of sp³-hybridized carbons (Fsp3) is 0.333. The monoisotopic (exact) mass is 451 g/mol. The Kier molecular flexibility index (Phi) is 10.7. The molecule has 0 aliphatic carbocycles. The van der Waals surface area contributed by atoms with Crippen LogP contribution in [0.3, 0.4) is 0 Å². The van der Waals surface area contributed by atoms with E-state index in [1.807, 2.05) is 26.0 Å². The van der Waals surface area contributed by atoms with Crippen LogP contribution < -0.4 is 10.1 Å². The van der Waals surface area contributed by atoms with Gasteiger partial charge in [-0.25, -0.2) is 0 Å². The van der Waals surface area contributed by atoms with Crippen molar-refractivity contribution in [3.8, 4) is 17.2 Å². The number of Topliss-reactive ketones (excluding diaryl/α,β-unsaturated/α-hetero) is 1. The molecule has 0 atom stereocenters. The number of carbonyl (C=O) groups is 2. The highest BCUT2D eigenvalue weighted by molar-refractivity contribution is 9.10. The van der Waals surface area contributed by atoms with Gasteiger partial charge in [-0.1, -0.05) is 35.8 Å². The molecule has 1 amide bonds. The van der Waals surface area contributed by atoms with E-state index >= 15 is 0 Å². The van der Waals surface area contributed by atoms with Crippen LogP contribution in [0.1, 0.15) is 32.3 Å². The number of benzene rings is 2. The van der Waals surface area contributed by atoms with Crippen LogP contribution in [0.15, 0.2) is 46.9 Å². The Morgan fingerprint density at radius 1 is 1.04 bits per heavy atom. The molecule has 0 saturated heterocycles. The Balaban J connectivity index is 0.000000330. The van der Waals surface area contributed by atoms with Gasteiger partial charge in [0.05, 0.1) is 6.54 Å². The highest BCUT2D eigenvalue weighted by Gasteiger charge is 2.05. The zero-order chi connectivity index (χ0) is 20.9. The van der Waals surface area contributed by atoms with Gasteiger partial charge in [-0.3, -0.25) is 9.59 Å². The Hall–Kier alpha value is -2.54. The van der Waals surface area contributed by atoms with Gasteiger partial charge in [0.25, 0.3) is 5.91 Å². The smallest absolute Gasteiger partial charge is 0.258 e. The van der Waals surface area contributed by atoms with E-state index in [2.05, 4.69) is 21.2 Å². The van der Waals surface area contributed by atoms with E-state index in [9.17, 15) is 9.59 Å². The van der Waals surface area contributed by atoms with E-state index in [4.69, 9.17) is 14.9 Å². The predicted molar refractivity (Wildman–Crippen MR) is 112 cm³/mol. The number of phenols is 2. The molecule has 6 nitrogen and oxygen atoms in total. The van der Waals surface area contributed by atoms with Crippen LogP contribution in [0.5, 0.6) is 17.2 Å². The minimum atomic E-state index is -0.289. The van der Waals surface area contributed by atoms with Gasteiger partial charge in [-0.2, -0.15) is 0 Å². The molecule has 0 saturated carbocycles. The molecule has 0 heterocycles. The number of hydrogen-bond donors (Lipinski definition) is 3. The fourth-order valence-electron chi connectivity index (χ4n) is 2.08. The van der Waals surface area contributed by atoms with Crippen LogP contribution in [0.4, 0.5) is 0 Å². The summed E-state index contributed by atoms with van der Waals surface area (Å²) in [6, 6.07) is 12.0. The maximum absolute atomic E-state index is 11.4. The molecular formula is C21H26BrNO5. The average molecular weight is 452 g/mol. The van der Waals surface area contributed by atoms with Gasteiger partial charge >= 0.3 is 0 Å². The second kappa shape index (κ2) is 12.8. The zero-order valence-electron chi connectivity index (χ0n) is 16.1. The summed E-state index contributed by atoms with van der Waals surface area (Å²) in [6.45, 7) is 3.92. The van der Waals surface area contributed by atoms with Crippen LogP contribution in [0.2, 0.25) is 0 Å². The number of halogens is 1. The van der Waals surface area contributed by atoms with Crippen molar-refractivity contribution in [2.75, 3.05) is 13.2 Å². The topological polar surface area (TPSA) is 95.9 Å². The van der Waals surface area contributed by atoms with Gasteiger partial charge in [-0.05, 0) is 54.8 Å². The van der Waals surface area contributed by atoms with Crippen molar-refractivity contribution in [2.24, 2.45) is 0 Å². The molecular weight excluding hydrogens is 426 g/mol. The Bertz CT molecular complexity index is 762. The summed E-state index contributed by atoms with van der Waals surface area (Å²) in [7, 11) is 0. The molecule has 0 fully saturated rings. The van der Waals surface area contributed by atoms with Gasteiger partial charge in [-0.15, -0.1) is 0 Å². The van der Waals surface area contributed by atoms with Gasteiger partial charge < -0.3 is 20.3 Å². The molecule has 0 bridgehead atoms. The number of rotatable bonds is 8. The second-order valence-corrected chi connectivity index (χ2v) is 6.90. The van der Waals surface area contributed by atoms with Crippen molar-refractivity contribution < 1.29 is 24.5 Å². The first-order valence-electron chi connectivity index (χ1n) is 9.03. The zero-order valence-corrected chi connectivity index (χ0v) is 17.7. The summed E-state index contributed by atoms with van der Waals surface area (Å²) < 4.78 is 6.22. The van der Waals surface area contributed by atoms with Crippen LogP contribution in [0, 0.1) is 0 Å². The van der Waals surface area contributed by atoms with Crippen LogP contribution >= 0.6 is 15.9 Å². The summed E-state index contributed by atoms with van der Waals surface area (Å²) in [4.78, 5) is 22.6. The third kappa shape index (κ3) is 9.41. The molecule has 2 aromatic carbocycles. The predicted octanol–water partition coefficient (Wildman–Crippen LogP) is 3.97. The molecule has 0 spiro atoms. The first kappa shape index (κ1) is 23.5. The first-order chi connectivity index (χ1) is 13.3. The first-order valence-corrected chi connectivity index (χ1v) is 9.82. The largest absolute Gasteiger partial charge is 0.504 e. The number of ketones is 1. The Morgan fingerprint density at radius 3 is 2.29 bits per heavy atom. The van der Waals surface area contributed by atoms with Crippen LogP contribution in [-0.4, -0.2) is 35.1 Å². The summed E-state index contributed by atoms with van der Waals surface area (Å²) in [5.41, 5.74) is 1.02. The van der Waals surface area contributed by atoms with E-state index in [-0.39, 0.29) is 36.3 Å². The molecule has 0 aromatic heterocycles. The molecule has 0 radical (unpaired) electrons. The van der Waals surface area contributed by atoms with Gasteiger partial charge in [0.15, 0.2) is 23.9 Å². The van der Waals surface area contributed by atoms with Crippen LogP contribution in [-0.2, 0) is 16.0 Å². The summed E-state index contributed by atoms with van der Waals surface area (Å²) >= 11 is 3.31. The van der Waals surface area contributed by atoms with Crippen LogP contribution in [0.25, 0.3) is 0 Å². The second-order valence-electron chi connectivity index (χ2n) is 5.98. The number of aryl methyl sites for hydroxylation is 1. The fourth-order valence-corrected chi connectivity index (χ4v) is 2.35. The maximum atomic E-state index is 11.4. The van der Waals surface area contributed by atoms with Gasteiger partial charge in [0.1, 0.15) is 5.75 Å². The highest BCUT2D eigenvalue weighted by atomic mass is 79.9. The normalized spacial score (nSPS) is 9.82. The lowest BCUT2D eigenvalue weighted by molar-refractivity contribution is -0.126. The van der Waals surface area contributed by atoms with E-state index < -0.39 is 0 Å². The Morgan fingerprint density at radius 2 is 1.71 bits per heavy atom. The van der Waals surface area contributed by atoms with E-state index in [0.29, 0.717) is 12.2 Å². The Labute approximate surface area is 173 Å². The lowest BCUT2D eigenvalue weighted by Gasteiger charge is -2.06. The summed E-state index contributed by atoms with van der Waals surface area (Å²) in [5, 5.41) is 20.4. The molecule has 2 rings (SSSR count). The molecule has 3 N–H and O–H groups in total. The molecule has 0 aliphatic heterocycles. The van der Waals surface area contributed by atoms with E-state index in [0.717, 1.165) is 22.9 Å². The third-order valence-corrected chi connectivity index (χ3v) is 4.17. The van der Waals surface area contributed by atoms with Gasteiger partial charge in [0, 0.05) is 10.9 Å². The molecule has 2 aromatic rings. The number of nitrogens with one attached hydrogen (secondary N) is 1. The molecule has 28 heavy (non-hydrogen) atoms. The molecule has 0 aliphatic rings. The molecule has 0 unspecified atom stereocenters. The lowest BCUT2D eigenvalue weighted by Crippen LogP contribution is -2.33. The number of hydrogen-bond acceptors (Lipinski definition) is 5. The van der Waals surface area contributed by atoms with Crippen molar-refractivity contribution in [2.45, 2.75) is 33.1 Å². The average Bonchev–Trinajstić information content (AvgIpc) is 2.69. The quantitative estimate of drug-likeness (QED) is 0.527. The van der Waals surface area contributed by atoms with Crippen molar-refractivity contribution in [1.82, 2.24) is 5.32 Å². The standard InChI is InChI=1S/C13H16BrNO3.C8H10O2/c1-2-3-11(16)8-15-13(17)9-18-12-6-4-10(14)5-7-12;1-2-6-3-4-7(9)8(10)5-6/h4-7H,2-3,8-9H2,1H3,(H,15,17);3-5,9-10H,2H2,1H3. The van der Waals surface area contributed by atoms with Gasteiger partial charge in [0.2, 0.25) is 0 Å².